The Hall–Kier alpha value is -2.39. The molecule has 0 aliphatic heterocycles. The lowest BCUT2D eigenvalue weighted by Gasteiger charge is -2.16. The standard InChI is InChI=1S/C16H17BrFN3O4/c1-4-24-20-16(23)25-13-8-21(3)15(22)9(2)14(13)19-12-6-5-10(17)7-11(12)18/h5-8,19H,4H2,1-3H3,(H,20,23). The molecule has 0 saturated carbocycles. The third-order valence-electron chi connectivity index (χ3n) is 3.27. The molecule has 1 heterocycles. The molecule has 0 aliphatic carbocycles. The molecule has 134 valence electrons. The first-order valence-electron chi connectivity index (χ1n) is 7.35. The number of nitrogens with one attached hydrogen (secondary N) is 2. The quantitative estimate of drug-likeness (QED) is 0.734. The summed E-state index contributed by atoms with van der Waals surface area (Å²) in [6.07, 6.45) is 0.471. The second kappa shape index (κ2) is 8.13. The van der Waals surface area contributed by atoms with Crippen molar-refractivity contribution in [2.75, 3.05) is 11.9 Å². The van der Waals surface area contributed by atoms with Crippen LogP contribution in [0.4, 0.5) is 20.6 Å². The van der Waals surface area contributed by atoms with Gasteiger partial charge in [0.05, 0.1) is 24.2 Å². The van der Waals surface area contributed by atoms with Crippen LogP contribution in [0.15, 0.2) is 33.7 Å². The van der Waals surface area contributed by atoms with Crippen LogP contribution in [-0.4, -0.2) is 17.3 Å². The number of hydroxylamine groups is 1. The van der Waals surface area contributed by atoms with Crippen molar-refractivity contribution in [2.45, 2.75) is 13.8 Å². The lowest BCUT2D eigenvalue weighted by atomic mass is 10.2. The van der Waals surface area contributed by atoms with Crippen LogP contribution >= 0.6 is 15.9 Å². The summed E-state index contributed by atoms with van der Waals surface area (Å²) in [6, 6.07) is 4.42. The average molecular weight is 414 g/mol. The van der Waals surface area contributed by atoms with Crippen molar-refractivity contribution in [3.63, 3.8) is 0 Å². The molecule has 0 radical (unpaired) electrons. The highest BCUT2D eigenvalue weighted by Gasteiger charge is 2.17. The summed E-state index contributed by atoms with van der Waals surface area (Å²) in [5.74, 6) is -0.474. The van der Waals surface area contributed by atoms with E-state index in [2.05, 4.69) is 26.7 Å². The van der Waals surface area contributed by atoms with Gasteiger partial charge in [-0.1, -0.05) is 15.9 Å². The highest BCUT2D eigenvalue weighted by Crippen LogP contribution is 2.31. The zero-order valence-electron chi connectivity index (χ0n) is 13.9. The maximum absolute atomic E-state index is 14.1. The molecule has 0 unspecified atom stereocenters. The van der Waals surface area contributed by atoms with Gasteiger partial charge in [0.2, 0.25) is 0 Å². The monoisotopic (exact) mass is 413 g/mol. The van der Waals surface area contributed by atoms with Crippen molar-refractivity contribution >= 4 is 33.4 Å². The normalized spacial score (nSPS) is 10.4. The third-order valence-corrected chi connectivity index (χ3v) is 3.76. The van der Waals surface area contributed by atoms with Gasteiger partial charge in [0.1, 0.15) is 5.82 Å². The fraction of sp³-hybridized carbons (Fsp3) is 0.250. The van der Waals surface area contributed by atoms with Gasteiger partial charge in [-0.3, -0.25) is 9.63 Å². The van der Waals surface area contributed by atoms with Crippen molar-refractivity contribution in [3.05, 3.63) is 50.6 Å². The molecule has 9 heteroatoms. The number of ether oxygens (including phenoxy) is 1. The van der Waals surface area contributed by atoms with Crippen molar-refractivity contribution in [2.24, 2.45) is 7.05 Å². The summed E-state index contributed by atoms with van der Waals surface area (Å²) < 4.78 is 21.1. The van der Waals surface area contributed by atoms with Crippen LogP contribution in [0.3, 0.4) is 0 Å². The van der Waals surface area contributed by atoms with Gasteiger partial charge in [0.25, 0.3) is 5.56 Å². The first-order chi connectivity index (χ1) is 11.8. The molecule has 0 aliphatic rings. The third kappa shape index (κ3) is 4.58. The molecule has 2 aromatic rings. The Balaban J connectivity index is 2.42. The van der Waals surface area contributed by atoms with Gasteiger partial charge in [-0.15, -0.1) is 0 Å². The van der Waals surface area contributed by atoms with Crippen molar-refractivity contribution < 1.29 is 18.8 Å². The smallest absolute Gasteiger partial charge is 0.405 e. The molecule has 7 nitrogen and oxygen atoms in total. The lowest BCUT2D eigenvalue weighted by molar-refractivity contribution is 0.0535. The van der Waals surface area contributed by atoms with Gasteiger partial charge < -0.3 is 14.6 Å². The predicted molar refractivity (Wildman–Crippen MR) is 94.6 cm³/mol. The molecule has 2 N–H and O–H groups in total. The van der Waals surface area contributed by atoms with Gasteiger partial charge >= 0.3 is 6.09 Å². The molecule has 0 spiro atoms. The van der Waals surface area contributed by atoms with Crippen LogP contribution in [0.2, 0.25) is 0 Å². The lowest BCUT2D eigenvalue weighted by Crippen LogP contribution is -2.28. The molecule has 1 aromatic heterocycles. The van der Waals surface area contributed by atoms with Gasteiger partial charge in [-0.05, 0) is 32.0 Å². The van der Waals surface area contributed by atoms with E-state index < -0.39 is 11.9 Å². The zero-order valence-corrected chi connectivity index (χ0v) is 15.4. The average Bonchev–Trinajstić information content (AvgIpc) is 2.56. The molecule has 2 rings (SSSR count). The first-order valence-corrected chi connectivity index (χ1v) is 8.14. The summed E-state index contributed by atoms with van der Waals surface area (Å²) in [5, 5.41) is 2.81. The SMILES string of the molecule is CCONC(=O)Oc1cn(C)c(=O)c(C)c1Nc1ccc(Br)cc1F. The number of aromatic nitrogens is 1. The summed E-state index contributed by atoms with van der Waals surface area (Å²) in [5.41, 5.74) is 2.37. The molecule has 0 atom stereocenters. The predicted octanol–water partition coefficient (Wildman–Crippen LogP) is 3.38. The Morgan fingerprint density at radius 1 is 1.40 bits per heavy atom. The van der Waals surface area contributed by atoms with E-state index >= 15 is 0 Å². The minimum Gasteiger partial charge on any atom is -0.405 e. The van der Waals surface area contributed by atoms with E-state index in [9.17, 15) is 14.0 Å². The van der Waals surface area contributed by atoms with Crippen molar-refractivity contribution in [3.8, 4) is 5.75 Å². The number of amides is 1. The largest absolute Gasteiger partial charge is 0.436 e. The van der Waals surface area contributed by atoms with Crippen LogP contribution in [0, 0.1) is 12.7 Å². The fourth-order valence-electron chi connectivity index (χ4n) is 2.07. The number of carbonyl (C=O) groups is 1. The maximum Gasteiger partial charge on any atom is 0.436 e. The second-order valence-electron chi connectivity index (χ2n) is 5.08. The van der Waals surface area contributed by atoms with E-state index in [-0.39, 0.29) is 34.9 Å². The van der Waals surface area contributed by atoms with E-state index in [4.69, 9.17) is 9.57 Å². The molecule has 1 amide bonds. The van der Waals surface area contributed by atoms with Crippen molar-refractivity contribution in [1.82, 2.24) is 10.0 Å². The van der Waals surface area contributed by atoms with E-state index in [1.807, 2.05) is 0 Å². The molecule has 0 bridgehead atoms. The van der Waals surface area contributed by atoms with Gasteiger partial charge in [0.15, 0.2) is 5.75 Å². The fourth-order valence-corrected chi connectivity index (χ4v) is 2.40. The minimum atomic E-state index is -0.862. The van der Waals surface area contributed by atoms with Gasteiger partial charge in [0, 0.05) is 17.1 Å². The van der Waals surface area contributed by atoms with Crippen LogP contribution in [0.1, 0.15) is 12.5 Å². The number of aryl methyl sites for hydroxylation is 1. The number of nitrogens with zero attached hydrogens (tertiary/aromatic N) is 1. The molecular formula is C16H17BrFN3O4. The number of hydrogen-bond donors (Lipinski definition) is 2. The number of rotatable bonds is 5. The van der Waals surface area contributed by atoms with Crippen LogP contribution < -0.4 is 21.1 Å². The van der Waals surface area contributed by atoms with Crippen molar-refractivity contribution in [1.29, 1.82) is 0 Å². The summed E-state index contributed by atoms with van der Waals surface area (Å²) in [6.45, 7) is 3.51. The highest BCUT2D eigenvalue weighted by atomic mass is 79.9. The summed E-state index contributed by atoms with van der Waals surface area (Å²) in [7, 11) is 1.52. The van der Waals surface area contributed by atoms with Gasteiger partial charge in [-0.25, -0.2) is 9.18 Å². The number of hydrogen-bond acceptors (Lipinski definition) is 5. The van der Waals surface area contributed by atoms with E-state index in [1.54, 1.807) is 19.9 Å². The molecule has 0 fully saturated rings. The molecule has 1 aromatic carbocycles. The number of benzene rings is 1. The Morgan fingerprint density at radius 3 is 2.76 bits per heavy atom. The number of carbonyl (C=O) groups excluding carboxylic acids is 1. The first kappa shape index (κ1) is 18.9. The van der Waals surface area contributed by atoms with E-state index in [0.29, 0.717) is 4.47 Å². The Morgan fingerprint density at radius 2 is 2.12 bits per heavy atom. The maximum atomic E-state index is 14.1. The zero-order chi connectivity index (χ0) is 18.6. The molecule has 25 heavy (non-hydrogen) atoms. The van der Waals surface area contributed by atoms with E-state index in [1.165, 1.54) is 29.9 Å². The number of halogens is 2. The Kier molecular flexibility index (Phi) is 6.16. The Labute approximate surface area is 151 Å². The summed E-state index contributed by atoms with van der Waals surface area (Å²) in [4.78, 5) is 28.7. The van der Waals surface area contributed by atoms with Crippen LogP contribution in [-0.2, 0) is 11.9 Å². The minimum absolute atomic E-state index is 0.0547. The van der Waals surface area contributed by atoms with Crippen LogP contribution in [0.5, 0.6) is 5.75 Å². The second-order valence-corrected chi connectivity index (χ2v) is 6.00. The Bertz CT molecular complexity index is 854. The number of anilines is 2. The van der Waals surface area contributed by atoms with Gasteiger partial charge in [-0.2, -0.15) is 5.48 Å². The topological polar surface area (TPSA) is 81.6 Å². The van der Waals surface area contributed by atoms with E-state index in [0.717, 1.165) is 0 Å². The molecule has 0 saturated heterocycles. The van der Waals surface area contributed by atoms with Crippen LogP contribution in [0.25, 0.3) is 0 Å². The number of pyridine rings is 1. The highest BCUT2D eigenvalue weighted by molar-refractivity contribution is 9.10. The summed E-state index contributed by atoms with van der Waals surface area (Å²) >= 11 is 3.18. The molecular weight excluding hydrogens is 397 g/mol.